The van der Waals surface area contributed by atoms with Gasteiger partial charge in [0.15, 0.2) is 23.0 Å². The van der Waals surface area contributed by atoms with E-state index in [2.05, 4.69) is 5.32 Å². The van der Waals surface area contributed by atoms with Crippen molar-refractivity contribution in [2.24, 2.45) is 0 Å². The van der Waals surface area contributed by atoms with Gasteiger partial charge in [-0.2, -0.15) is 0 Å². The molecule has 2 heterocycles. The highest BCUT2D eigenvalue weighted by Crippen LogP contribution is 2.35. The van der Waals surface area contributed by atoms with E-state index in [0.29, 0.717) is 41.9 Å². The number of rotatable bonds is 5. The summed E-state index contributed by atoms with van der Waals surface area (Å²) in [5, 5.41) is 2.78. The van der Waals surface area contributed by atoms with Crippen molar-refractivity contribution in [1.29, 1.82) is 0 Å². The Morgan fingerprint density at radius 2 is 1.84 bits per heavy atom. The Balaban J connectivity index is 1.23. The first-order valence-electron chi connectivity index (χ1n) is 7.98. The van der Waals surface area contributed by atoms with Crippen molar-refractivity contribution >= 4 is 5.91 Å². The number of ether oxygens (including phenoxy) is 5. The summed E-state index contributed by atoms with van der Waals surface area (Å²) in [4.78, 5) is 12.2. The van der Waals surface area contributed by atoms with Crippen molar-refractivity contribution in [2.45, 2.75) is 6.10 Å². The van der Waals surface area contributed by atoms with Gasteiger partial charge in [0, 0.05) is 6.07 Å². The molecule has 2 aromatic carbocycles. The topological polar surface area (TPSA) is 75.3 Å². The maximum Gasteiger partial charge on any atom is 0.264 e. The molecular weight excluding hydrogens is 326 g/mol. The standard InChI is InChI=1S/C18H17NO6/c20-18(17-10-22-13-3-1-2-4-15(13)25-17)19-7-8-21-12-5-6-14-16(9-12)24-11-23-14/h1-6,9,17H,7-8,10-11H2,(H,19,20). The van der Waals surface area contributed by atoms with Crippen LogP contribution >= 0.6 is 0 Å². The summed E-state index contributed by atoms with van der Waals surface area (Å²) >= 11 is 0. The summed E-state index contributed by atoms with van der Waals surface area (Å²) < 4.78 is 27.3. The molecule has 7 nitrogen and oxygen atoms in total. The normalized spacial score (nSPS) is 17.0. The van der Waals surface area contributed by atoms with Crippen LogP contribution in [0.1, 0.15) is 0 Å². The van der Waals surface area contributed by atoms with E-state index >= 15 is 0 Å². The summed E-state index contributed by atoms with van der Waals surface area (Å²) in [5.41, 5.74) is 0. The van der Waals surface area contributed by atoms with E-state index in [0.717, 1.165) is 0 Å². The highest BCUT2D eigenvalue weighted by Gasteiger charge is 2.26. The van der Waals surface area contributed by atoms with Gasteiger partial charge in [-0.05, 0) is 24.3 Å². The quantitative estimate of drug-likeness (QED) is 0.834. The smallest absolute Gasteiger partial charge is 0.264 e. The molecule has 0 fully saturated rings. The average Bonchev–Trinajstić information content (AvgIpc) is 3.12. The number of carbonyl (C=O) groups is 1. The molecule has 0 saturated heterocycles. The van der Waals surface area contributed by atoms with Gasteiger partial charge < -0.3 is 29.0 Å². The maximum absolute atomic E-state index is 12.2. The molecule has 0 spiro atoms. The molecule has 4 rings (SSSR count). The molecule has 2 aliphatic heterocycles. The largest absolute Gasteiger partial charge is 0.492 e. The summed E-state index contributed by atoms with van der Waals surface area (Å²) in [5.74, 6) is 3.01. The average molecular weight is 343 g/mol. The number of hydrogen-bond acceptors (Lipinski definition) is 6. The van der Waals surface area contributed by atoms with Gasteiger partial charge in [-0.1, -0.05) is 12.1 Å². The zero-order chi connectivity index (χ0) is 17.1. The van der Waals surface area contributed by atoms with E-state index in [1.165, 1.54) is 0 Å². The fraction of sp³-hybridized carbons (Fsp3) is 0.278. The molecule has 1 unspecified atom stereocenters. The first kappa shape index (κ1) is 15.4. The molecule has 1 N–H and O–H groups in total. The predicted octanol–water partition coefficient (Wildman–Crippen LogP) is 1.75. The lowest BCUT2D eigenvalue weighted by Crippen LogP contribution is -2.45. The van der Waals surface area contributed by atoms with Crippen molar-refractivity contribution in [2.75, 3.05) is 26.6 Å². The third kappa shape index (κ3) is 3.40. The van der Waals surface area contributed by atoms with E-state index in [4.69, 9.17) is 23.7 Å². The molecular formula is C18H17NO6. The molecule has 1 amide bonds. The number of benzene rings is 2. The molecule has 0 bridgehead atoms. The minimum atomic E-state index is -0.666. The summed E-state index contributed by atoms with van der Waals surface area (Å²) in [6.45, 7) is 1.09. The molecule has 25 heavy (non-hydrogen) atoms. The van der Waals surface area contributed by atoms with E-state index in [9.17, 15) is 4.79 Å². The molecule has 0 saturated carbocycles. The lowest BCUT2D eigenvalue weighted by molar-refractivity contribution is -0.130. The van der Waals surface area contributed by atoms with Crippen LogP contribution in [0.5, 0.6) is 28.7 Å². The zero-order valence-corrected chi connectivity index (χ0v) is 13.4. The Kier molecular flexibility index (Phi) is 4.20. The summed E-state index contributed by atoms with van der Waals surface area (Å²) in [6, 6.07) is 12.6. The van der Waals surface area contributed by atoms with Crippen molar-refractivity contribution in [3.8, 4) is 28.7 Å². The van der Waals surface area contributed by atoms with E-state index in [-0.39, 0.29) is 19.3 Å². The fourth-order valence-electron chi connectivity index (χ4n) is 2.57. The highest BCUT2D eigenvalue weighted by atomic mass is 16.7. The van der Waals surface area contributed by atoms with Crippen LogP contribution in [0.2, 0.25) is 0 Å². The number of nitrogens with one attached hydrogen (secondary N) is 1. The van der Waals surface area contributed by atoms with Gasteiger partial charge in [0.25, 0.3) is 5.91 Å². The van der Waals surface area contributed by atoms with Gasteiger partial charge in [-0.25, -0.2) is 0 Å². The molecule has 0 aromatic heterocycles. The Morgan fingerprint density at radius 1 is 1.04 bits per heavy atom. The first-order valence-corrected chi connectivity index (χ1v) is 7.98. The molecule has 0 radical (unpaired) electrons. The highest BCUT2D eigenvalue weighted by molar-refractivity contribution is 5.81. The lowest BCUT2D eigenvalue weighted by Gasteiger charge is -2.25. The first-order chi connectivity index (χ1) is 12.3. The van der Waals surface area contributed by atoms with Crippen molar-refractivity contribution < 1.29 is 28.5 Å². The number of amides is 1. The lowest BCUT2D eigenvalue weighted by atomic mass is 10.2. The zero-order valence-electron chi connectivity index (χ0n) is 13.4. The second kappa shape index (κ2) is 6.80. The van der Waals surface area contributed by atoms with Gasteiger partial charge in [-0.15, -0.1) is 0 Å². The van der Waals surface area contributed by atoms with E-state index < -0.39 is 6.10 Å². The Morgan fingerprint density at radius 3 is 2.76 bits per heavy atom. The van der Waals surface area contributed by atoms with Crippen LogP contribution in [0, 0.1) is 0 Å². The van der Waals surface area contributed by atoms with Crippen LogP contribution in [-0.2, 0) is 4.79 Å². The summed E-state index contributed by atoms with van der Waals surface area (Å²) in [6.07, 6.45) is -0.666. The van der Waals surface area contributed by atoms with Crippen LogP contribution in [0.15, 0.2) is 42.5 Å². The van der Waals surface area contributed by atoms with Gasteiger partial charge in [0.2, 0.25) is 12.9 Å². The SMILES string of the molecule is O=C(NCCOc1ccc2c(c1)OCO2)C1COc2ccccc2O1. The number of fused-ring (bicyclic) bond motifs is 2. The van der Waals surface area contributed by atoms with E-state index in [1.54, 1.807) is 24.3 Å². The van der Waals surface area contributed by atoms with Crippen molar-refractivity contribution in [3.05, 3.63) is 42.5 Å². The van der Waals surface area contributed by atoms with Gasteiger partial charge in [0.1, 0.15) is 19.0 Å². The Hall–Kier alpha value is -3.09. The summed E-state index contributed by atoms with van der Waals surface area (Å²) in [7, 11) is 0. The Labute approximate surface area is 144 Å². The van der Waals surface area contributed by atoms with Crippen LogP contribution in [-0.4, -0.2) is 38.6 Å². The van der Waals surface area contributed by atoms with E-state index in [1.807, 2.05) is 18.2 Å². The molecule has 7 heteroatoms. The second-order valence-electron chi connectivity index (χ2n) is 5.52. The number of para-hydroxylation sites is 2. The van der Waals surface area contributed by atoms with Crippen LogP contribution in [0.4, 0.5) is 0 Å². The molecule has 2 aromatic rings. The third-order valence-corrected chi connectivity index (χ3v) is 3.82. The second-order valence-corrected chi connectivity index (χ2v) is 5.52. The van der Waals surface area contributed by atoms with Gasteiger partial charge >= 0.3 is 0 Å². The Bertz CT molecular complexity index is 778. The number of carbonyl (C=O) groups excluding carboxylic acids is 1. The molecule has 2 aliphatic rings. The van der Waals surface area contributed by atoms with Gasteiger partial charge in [0.05, 0.1) is 6.54 Å². The van der Waals surface area contributed by atoms with Crippen LogP contribution in [0.3, 0.4) is 0 Å². The molecule has 1 atom stereocenters. The van der Waals surface area contributed by atoms with Crippen LogP contribution in [0.25, 0.3) is 0 Å². The molecule has 0 aliphatic carbocycles. The van der Waals surface area contributed by atoms with Crippen molar-refractivity contribution in [3.63, 3.8) is 0 Å². The fourth-order valence-corrected chi connectivity index (χ4v) is 2.57. The third-order valence-electron chi connectivity index (χ3n) is 3.82. The monoisotopic (exact) mass is 343 g/mol. The number of hydrogen-bond donors (Lipinski definition) is 1. The predicted molar refractivity (Wildman–Crippen MR) is 87.4 cm³/mol. The van der Waals surface area contributed by atoms with Gasteiger partial charge in [-0.3, -0.25) is 4.79 Å². The maximum atomic E-state index is 12.2. The molecule has 130 valence electrons. The minimum absolute atomic E-state index is 0.186. The van der Waals surface area contributed by atoms with Crippen molar-refractivity contribution in [1.82, 2.24) is 5.32 Å². The van der Waals surface area contributed by atoms with Crippen LogP contribution < -0.4 is 29.0 Å². The minimum Gasteiger partial charge on any atom is -0.492 e.